The smallest absolute Gasteiger partial charge is 0.0700 e. The molecule has 3 heteroatoms. The van der Waals surface area contributed by atoms with Crippen LogP contribution in [0.5, 0.6) is 0 Å². The summed E-state index contributed by atoms with van der Waals surface area (Å²) in [6.45, 7) is 7.23. The highest BCUT2D eigenvalue weighted by Gasteiger charge is 2.03. The Hall–Kier alpha value is 0.400. The maximum Gasteiger partial charge on any atom is 0.0700 e. The van der Waals surface area contributed by atoms with Crippen LogP contribution in [0.3, 0.4) is 0 Å². The van der Waals surface area contributed by atoms with Crippen LogP contribution in [-0.4, -0.2) is 31.8 Å². The van der Waals surface area contributed by atoms with Crippen LogP contribution >= 0.6 is 15.9 Å². The predicted molar refractivity (Wildman–Crippen MR) is 54.9 cm³/mol. The number of rotatable bonds is 8. The molecule has 2 nitrogen and oxygen atoms in total. The monoisotopic (exact) mass is 238 g/mol. The van der Waals surface area contributed by atoms with Crippen molar-refractivity contribution < 1.29 is 9.47 Å². The highest BCUT2D eigenvalue weighted by Crippen LogP contribution is 2.06. The number of hydrogen-bond acceptors (Lipinski definition) is 2. The Kier molecular flexibility index (Phi) is 9.80. The van der Waals surface area contributed by atoms with Gasteiger partial charge in [-0.3, -0.25) is 0 Å². The second-order valence-electron chi connectivity index (χ2n) is 2.70. The van der Waals surface area contributed by atoms with E-state index in [1.54, 1.807) is 0 Å². The van der Waals surface area contributed by atoms with Gasteiger partial charge in [-0.25, -0.2) is 0 Å². The first-order valence-electron chi connectivity index (χ1n) is 4.56. The van der Waals surface area contributed by atoms with Gasteiger partial charge >= 0.3 is 0 Å². The molecule has 0 aromatic carbocycles. The molecule has 0 amide bonds. The third-order valence-electron chi connectivity index (χ3n) is 1.73. The Morgan fingerprint density at radius 1 is 1.17 bits per heavy atom. The average molecular weight is 239 g/mol. The topological polar surface area (TPSA) is 18.5 Å². The molecule has 0 heterocycles. The zero-order valence-corrected chi connectivity index (χ0v) is 9.60. The van der Waals surface area contributed by atoms with E-state index in [0.29, 0.717) is 5.92 Å². The lowest BCUT2D eigenvalue weighted by atomic mass is 10.1. The van der Waals surface area contributed by atoms with Gasteiger partial charge in [-0.2, -0.15) is 0 Å². The largest absolute Gasteiger partial charge is 0.379 e. The summed E-state index contributed by atoms with van der Waals surface area (Å²) < 4.78 is 10.6. The fourth-order valence-corrected chi connectivity index (χ4v) is 1.43. The van der Waals surface area contributed by atoms with Crippen molar-refractivity contribution in [3.63, 3.8) is 0 Å². The molecule has 0 fully saturated rings. The van der Waals surface area contributed by atoms with Crippen molar-refractivity contribution >= 4 is 15.9 Å². The lowest BCUT2D eigenvalue weighted by Crippen LogP contribution is -2.13. The molecule has 0 aromatic heterocycles. The molecule has 0 radical (unpaired) electrons. The molecule has 0 aliphatic heterocycles. The molecule has 0 aromatic rings. The number of ether oxygens (including phenoxy) is 2. The first kappa shape index (κ1) is 12.4. The quantitative estimate of drug-likeness (QED) is 0.478. The third-order valence-corrected chi connectivity index (χ3v) is 2.64. The van der Waals surface area contributed by atoms with Crippen LogP contribution in [0.1, 0.15) is 20.3 Å². The normalized spacial score (nSPS) is 13.2. The van der Waals surface area contributed by atoms with Crippen molar-refractivity contribution in [2.75, 3.05) is 31.8 Å². The van der Waals surface area contributed by atoms with E-state index in [1.165, 1.54) is 6.42 Å². The van der Waals surface area contributed by atoms with Gasteiger partial charge in [0.1, 0.15) is 0 Å². The van der Waals surface area contributed by atoms with E-state index in [1.807, 2.05) is 6.92 Å². The second-order valence-corrected chi connectivity index (χ2v) is 3.35. The maximum atomic E-state index is 5.42. The molecule has 1 atom stereocenters. The molecule has 0 saturated heterocycles. The fraction of sp³-hybridized carbons (Fsp3) is 1.00. The van der Waals surface area contributed by atoms with Crippen molar-refractivity contribution in [2.24, 2.45) is 5.92 Å². The van der Waals surface area contributed by atoms with Crippen LogP contribution in [-0.2, 0) is 9.47 Å². The SMILES string of the molecule is CCOCCOCC(CC)CBr. The lowest BCUT2D eigenvalue weighted by molar-refractivity contribution is 0.0401. The summed E-state index contributed by atoms with van der Waals surface area (Å²) in [5, 5.41) is 1.03. The Morgan fingerprint density at radius 2 is 1.83 bits per heavy atom. The molecule has 0 aliphatic rings. The Balaban J connectivity index is 3.06. The van der Waals surface area contributed by atoms with Gasteiger partial charge in [-0.05, 0) is 12.8 Å². The van der Waals surface area contributed by atoms with E-state index < -0.39 is 0 Å². The summed E-state index contributed by atoms with van der Waals surface area (Å²) >= 11 is 3.45. The van der Waals surface area contributed by atoms with Crippen molar-refractivity contribution in [3.05, 3.63) is 0 Å². The molecule has 12 heavy (non-hydrogen) atoms. The van der Waals surface area contributed by atoms with Gasteiger partial charge < -0.3 is 9.47 Å². The minimum absolute atomic E-state index is 0.645. The van der Waals surface area contributed by atoms with Gasteiger partial charge in [0.15, 0.2) is 0 Å². The zero-order valence-electron chi connectivity index (χ0n) is 8.01. The molecule has 0 spiro atoms. The molecule has 74 valence electrons. The highest BCUT2D eigenvalue weighted by molar-refractivity contribution is 9.09. The number of halogens is 1. The second kappa shape index (κ2) is 9.49. The van der Waals surface area contributed by atoms with Crippen molar-refractivity contribution in [3.8, 4) is 0 Å². The van der Waals surface area contributed by atoms with Gasteiger partial charge in [0.2, 0.25) is 0 Å². The summed E-state index contributed by atoms with van der Waals surface area (Å²) in [6.07, 6.45) is 1.17. The molecule has 0 rings (SSSR count). The zero-order chi connectivity index (χ0) is 9.23. The van der Waals surface area contributed by atoms with E-state index in [0.717, 1.165) is 31.8 Å². The summed E-state index contributed by atoms with van der Waals surface area (Å²) in [5.74, 6) is 0.645. The predicted octanol–water partition coefficient (Wildman–Crippen LogP) is 2.46. The van der Waals surface area contributed by atoms with Crippen molar-refractivity contribution in [2.45, 2.75) is 20.3 Å². The van der Waals surface area contributed by atoms with E-state index in [-0.39, 0.29) is 0 Å². The van der Waals surface area contributed by atoms with Crippen LogP contribution in [0.4, 0.5) is 0 Å². The first-order valence-corrected chi connectivity index (χ1v) is 5.68. The fourth-order valence-electron chi connectivity index (χ4n) is 0.784. The first-order chi connectivity index (χ1) is 5.85. The molecular formula is C9H19BrO2. The van der Waals surface area contributed by atoms with Gasteiger partial charge in [0.25, 0.3) is 0 Å². The summed E-state index contributed by atoms with van der Waals surface area (Å²) in [5.41, 5.74) is 0. The van der Waals surface area contributed by atoms with Gasteiger partial charge in [0, 0.05) is 11.9 Å². The standard InChI is InChI=1S/C9H19BrO2/c1-3-9(7-10)8-12-6-5-11-4-2/h9H,3-8H2,1-2H3. The minimum atomic E-state index is 0.645. The van der Waals surface area contributed by atoms with E-state index in [9.17, 15) is 0 Å². The maximum absolute atomic E-state index is 5.42. The molecule has 0 N–H and O–H groups in total. The summed E-state index contributed by atoms with van der Waals surface area (Å²) in [4.78, 5) is 0. The summed E-state index contributed by atoms with van der Waals surface area (Å²) in [7, 11) is 0. The van der Waals surface area contributed by atoms with Crippen molar-refractivity contribution in [1.29, 1.82) is 0 Å². The van der Waals surface area contributed by atoms with Crippen LogP contribution in [0.15, 0.2) is 0 Å². The highest BCUT2D eigenvalue weighted by atomic mass is 79.9. The molecule has 0 saturated carbocycles. The molecule has 0 aliphatic carbocycles. The lowest BCUT2D eigenvalue weighted by Gasteiger charge is -2.11. The van der Waals surface area contributed by atoms with Crippen LogP contribution < -0.4 is 0 Å². The Bertz CT molecular complexity index is 84.6. The molecule has 1 unspecified atom stereocenters. The van der Waals surface area contributed by atoms with E-state index in [2.05, 4.69) is 22.9 Å². The van der Waals surface area contributed by atoms with Crippen LogP contribution in [0.2, 0.25) is 0 Å². The average Bonchev–Trinajstić information content (AvgIpc) is 2.11. The Morgan fingerprint density at radius 3 is 2.33 bits per heavy atom. The minimum Gasteiger partial charge on any atom is -0.379 e. The Labute approximate surface area is 83.8 Å². The summed E-state index contributed by atoms with van der Waals surface area (Å²) in [6, 6.07) is 0. The van der Waals surface area contributed by atoms with E-state index in [4.69, 9.17) is 9.47 Å². The number of alkyl halides is 1. The van der Waals surface area contributed by atoms with Crippen LogP contribution in [0, 0.1) is 5.92 Å². The van der Waals surface area contributed by atoms with Crippen molar-refractivity contribution in [1.82, 2.24) is 0 Å². The number of hydrogen-bond donors (Lipinski definition) is 0. The van der Waals surface area contributed by atoms with E-state index >= 15 is 0 Å². The third kappa shape index (κ3) is 7.07. The molecule has 0 bridgehead atoms. The van der Waals surface area contributed by atoms with Gasteiger partial charge in [0.05, 0.1) is 19.8 Å². The van der Waals surface area contributed by atoms with Gasteiger partial charge in [-0.1, -0.05) is 29.3 Å². The van der Waals surface area contributed by atoms with Gasteiger partial charge in [-0.15, -0.1) is 0 Å². The molecular weight excluding hydrogens is 220 g/mol. The van der Waals surface area contributed by atoms with Crippen LogP contribution in [0.25, 0.3) is 0 Å².